The molecule has 0 spiro atoms. The summed E-state index contributed by atoms with van der Waals surface area (Å²) in [7, 11) is -1.95. The van der Waals surface area contributed by atoms with Gasteiger partial charge in [0.15, 0.2) is 0 Å². The lowest BCUT2D eigenvalue weighted by atomic mass is 9.78. The van der Waals surface area contributed by atoms with Crippen LogP contribution in [-0.2, 0) is 6.18 Å². The smallest absolute Gasteiger partial charge is 0.423 e. The largest absolute Gasteiger partial charge is 0.488 e. The maximum atomic E-state index is 12.7. The first-order valence-electron chi connectivity index (χ1n) is 4.85. The molecule has 2 N–H and O–H groups in total. The number of hydrogen-bond acceptors (Lipinski definition) is 4. The van der Waals surface area contributed by atoms with E-state index in [9.17, 15) is 13.2 Å². The highest BCUT2D eigenvalue weighted by Gasteiger charge is 2.32. The van der Waals surface area contributed by atoms with Gasteiger partial charge in [-0.05, 0) is 11.5 Å². The molecule has 2 aromatic rings. The molecule has 18 heavy (non-hydrogen) atoms. The molecule has 0 saturated heterocycles. The summed E-state index contributed by atoms with van der Waals surface area (Å²) in [6.45, 7) is 0. The second-order valence-electron chi connectivity index (χ2n) is 3.59. The van der Waals surface area contributed by atoms with Crippen molar-refractivity contribution < 1.29 is 23.2 Å². The van der Waals surface area contributed by atoms with E-state index in [0.717, 1.165) is 6.07 Å². The van der Waals surface area contributed by atoms with Crippen LogP contribution in [0.2, 0.25) is 0 Å². The van der Waals surface area contributed by atoms with Crippen molar-refractivity contribution in [3.8, 4) is 11.3 Å². The molecule has 0 saturated carbocycles. The van der Waals surface area contributed by atoms with E-state index in [1.807, 2.05) is 0 Å². The summed E-state index contributed by atoms with van der Waals surface area (Å²) in [4.78, 5) is 3.90. The van der Waals surface area contributed by atoms with Gasteiger partial charge in [-0.1, -0.05) is 12.1 Å². The van der Waals surface area contributed by atoms with Crippen LogP contribution in [0.15, 0.2) is 29.1 Å². The number of thiazole rings is 1. The second kappa shape index (κ2) is 4.71. The molecule has 0 bridgehead atoms. The summed E-state index contributed by atoms with van der Waals surface area (Å²) in [6.07, 6.45) is -4.55. The summed E-state index contributed by atoms with van der Waals surface area (Å²) in [5.74, 6) is 0. The Morgan fingerprint density at radius 3 is 2.39 bits per heavy atom. The monoisotopic (exact) mass is 273 g/mol. The van der Waals surface area contributed by atoms with Crippen molar-refractivity contribution in [2.75, 3.05) is 0 Å². The lowest BCUT2D eigenvalue weighted by Crippen LogP contribution is -2.31. The molecule has 0 radical (unpaired) electrons. The number of benzene rings is 1. The number of rotatable bonds is 2. The molecule has 0 fully saturated rings. The predicted octanol–water partition coefficient (Wildman–Crippen LogP) is 1.51. The summed E-state index contributed by atoms with van der Waals surface area (Å²) in [5, 5.41) is 19.6. The van der Waals surface area contributed by atoms with Crippen LogP contribution in [0.4, 0.5) is 13.2 Å². The molecule has 1 aromatic heterocycles. The number of halogens is 3. The molecule has 8 heteroatoms. The van der Waals surface area contributed by atoms with Crippen LogP contribution in [-0.4, -0.2) is 22.2 Å². The highest BCUT2D eigenvalue weighted by Crippen LogP contribution is 2.31. The fourth-order valence-corrected chi connectivity index (χ4v) is 2.03. The molecule has 2 rings (SSSR count). The van der Waals surface area contributed by atoms with Crippen molar-refractivity contribution in [2.24, 2.45) is 0 Å². The Labute approximate surface area is 105 Å². The molecule has 0 atom stereocenters. The fraction of sp³-hybridized carbons (Fsp3) is 0.100. The predicted molar refractivity (Wildman–Crippen MR) is 62.4 cm³/mol. The Morgan fingerprint density at radius 2 is 1.89 bits per heavy atom. The molecule has 0 aliphatic carbocycles. The fourth-order valence-electron chi connectivity index (χ4n) is 1.47. The highest BCUT2D eigenvalue weighted by molar-refractivity contribution is 7.07. The number of alkyl halides is 3. The van der Waals surface area contributed by atoms with E-state index in [1.165, 1.54) is 22.9 Å². The first-order chi connectivity index (χ1) is 8.38. The maximum absolute atomic E-state index is 12.7. The zero-order valence-corrected chi connectivity index (χ0v) is 9.66. The van der Waals surface area contributed by atoms with E-state index >= 15 is 0 Å². The summed E-state index contributed by atoms with van der Waals surface area (Å²) in [6, 6.07) is 2.91. The minimum Gasteiger partial charge on any atom is -0.423 e. The first-order valence-corrected chi connectivity index (χ1v) is 5.79. The molecule has 0 aliphatic heterocycles. The molecular weight excluding hydrogens is 266 g/mol. The van der Waals surface area contributed by atoms with Crippen molar-refractivity contribution in [2.45, 2.75) is 6.18 Å². The van der Waals surface area contributed by atoms with E-state index in [2.05, 4.69) is 4.98 Å². The van der Waals surface area contributed by atoms with Crippen LogP contribution in [0.3, 0.4) is 0 Å². The second-order valence-corrected chi connectivity index (χ2v) is 4.31. The normalized spacial score (nSPS) is 11.6. The third kappa shape index (κ3) is 2.71. The molecule has 1 heterocycles. The van der Waals surface area contributed by atoms with Crippen LogP contribution >= 0.6 is 11.3 Å². The highest BCUT2D eigenvalue weighted by atomic mass is 32.1. The van der Waals surface area contributed by atoms with Crippen LogP contribution in [0.25, 0.3) is 11.3 Å². The quantitative estimate of drug-likeness (QED) is 0.815. The molecular formula is C10H7BF3NO2S. The standard InChI is InChI=1S/C10H7BF3NO2S/c12-10(13,14)7-1-6(9-4-18-5-15-9)2-8(3-7)11(16)17/h1-5,16-17H. The molecule has 1 aromatic carbocycles. The Hall–Kier alpha value is -1.38. The van der Waals surface area contributed by atoms with Gasteiger partial charge in [-0.2, -0.15) is 13.2 Å². The van der Waals surface area contributed by atoms with Gasteiger partial charge >= 0.3 is 13.3 Å². The molecule has 0 amide bonds. The van der Waals surface area contributed by atoms with E-state index in [4.69, 9.17) is 10.0 Å². The Kier molecular flexibility index (Phi) is 3.42. The molecule has 0 unspecified atom stereocenters. The Morgan fingerprint density at radius 1 is 1.17 bits per heavy atom. The van der Waals surface area contributed by atoms with Gasteiger partial charge in [0.05, 0.1) is 16.8 Å². The van der Waals surface area contributed by atoms with Gasteiger partial charge in [0.2, 0.25) is 0 Å². The topological polar surface area (TPSA) is 53.4 Å². The Balaban J connectivity index is 2.57. The third-order valence-corrected chi connectivity index (χ3v) is 2.90. The van der Waals surface area contributed by atoms with Gasteiger partial charge in [-0.15, -0.1) is 11.3 Å². The van der Waals surface area contributed by atoms with E-state index in [1.54, 1.807) is 5.38 Å². The van der Waals surface area contributed by atoms with Crippen molar-refractivity contribution in [1.82, 2.24) is 4.98 Å². The van der Waals surface area contributed by atoms with Crippen LogP contribution in [0.1, 0.15) is 5.56 Å². The van der Waals surface area contributed by atoms with Crippen molar-refractivity contribution in [3.05, 3.63) is 34.7 Å². The van der Waals surface area contributed by atoms with Crippen LogP contribution < -0.4 is 5.46 Å². The van der Waals surface area contributed by atoms with Gasteiger partial charge in [0, 0.05) is 10.9 Å². The van der Waals surface area contributed by atoms with Crippen molar-refractivity contribution in [1.29, 1.82) is 0 Å². The molecule has 0 aliphatic rings. The Bertz CT molecular complexity index is 543. The van der Waals surface area contributed by atoms with Gasteiger partial charge < -0.3 is 10.0 Å². The molecule has 94 valence electrons. The number of hydrogen-bond donors (Lipinski definition) is 2. The van der Waals surface area contributed by atoms with E-state index in [-0.39, 0.29) is 11.0 Å². The molecule has 3 nitrogen and oxygen atoms in total. The zero-order valence-electron chi connectivity index (χ0n) is 8.85. The van der Waals surface area contributed by atoms with Gasteiger partial charge in [0.25, 0.3) is 0 Å². The zero-order chi connectivity index (χ0) is 13.3. The average molecular weight is 273 g/mol. The van der Waals surface area contributed by atoms with Gasteiger partial charge in [-0.3, -0.25) is 0 Å². The summed E-state index contributed by atoms with van der Waals surface area (Å²) in [5.41, 5.74) is 0.913. The number of nitrogens with zero attached hydrogens (tertiary/aromatic N) is 1. The summed E-state index contributed by atoms with van der Waals surface area (Å²) < 4.78 is 38.0. The van der Waals surface area contributed by atoms with Gasteiger partial charge in [0.1, 0.15) is 0 Å². The van der Waals surface area contributed by atoms with E-state index < -0.39 is 18.9 Å². The maximum Gasteiger partial charge on any atom is 0.488 e. The van der Waals surface area contributed by atoms with Gasteiger partial charge in [-0.25, -0.2) is 4.98 Å². The third-order valence-electron chi connectivity index (χ3n) is 2.31. The minimum absolute atomic E-state index is 0.203. The van der Waals surface area contributed by atoms with Crippen molar-refractivity contribution in [3.63, 3.8) is 0 Å². The summed E-state index contributed by atoms with van der Waals surface area (Å²) >= 11 is 1.24. The lowest BCUT2D eigenvalue weighted by Gasteiger charge is -2.11. The SMILES string of the molecule is OB(O)c1cc(-c2cscn2)cc(C(F)(F)F)c1. The number of aromatic nitrogens is 1. The minimum atomic E-state index is -4.55. The van der Waals surface area contributed by atoms with Crippen LogP contribution in [0.5, 0.6) is 0 Å². The lowest BCUT2D eigenvalue weighted by molar-refractivity contribution is -0.137. The average Bonchev–Trinajstić information content (AvgIpc) is 2.80. The first kappa shape index (κ1) is 13.1. The van der Waals surface area contributed by atoms with Crippen LogP contribution in [0, 0.1) is 0 Å². The van der Waals surface area contributed by atoms with E-state index in [0.29, 0.717) is 11.8 Å². The van der Waals surface area contributed by atoms with Crippen molar-refractivity contribution >= 4 is 23.9 Å².